The molecular weight excluding hydrogens is 242 g/mol. The number of hydrogen-bond donors (Lipinski definition) is 3. The summed E-state index contributed by atoms with van der Waals surface area (Å²) in [5.74, 6) is 1.93. The largest absolute Gasteiger partial charge is 0.480 e. The minimum atomic E-state index is -1.00. The van der Waals surface area contributed by atoms with Gasteiger partial charge in [-0.3, -0.25) is 4.79 Å². The number of aliphatic carboxylic acids is 1. The predicted molar refractivity (Wildman–Crippen MR) is 76.6 cm³/mol. The summed E-state index contributed by atoms with van der Waals surface area (Å²) in [6, 6.07) is -0.816. The number of thiol groups is 1. The van der Waals surface area contributed by atoms with Gasteiger partial charge in [0.15, 0.2) is 0 Å². The van der Waals surface area contributed by atoms with Crippen LogP contribution in [0.5, 0.6) is 0 Å². The molecule has 0 bridgehead atoms. The smallest absolute Gasteiger partial charge is 0.321 e. The first-order valence-corrected chi connectivity index (χ1v) is 7.55. The van der Waals surface area contributed by atoms with Crippen LogP contribution < -0.4 is 5.73 Å². The zero-order chi connectivity index (χ0) is 12.8. The van der Waals surface area contributed by atoms with Crippen LogP contribution in [0.4, 0.5) is 0 Å². The molecule has 0 fully saturated rings. The van der Waals surface area contributed by atoms with Crippen LogP contribution in [0.3, 0.4) is 0 Å². The van der Waals surface area contributed by atoms with E-state index in [0.717, 1.165) is 0 Å². The van der Waals surface area contributed by atoms with Crippen LogP contribution in [0.1, 0.15) is 39.5 Å². The summed E-state index contributed by atoms with van der Waals surface area (Å²) in [5, 5.41) is 8.01. The van der Waals surface area contributed by atoms with Crippen LogP contribution in [0.15, 0.2) is 0 Å². The molecule has 0 saturated carbocycles. The first-order valence-electron chi connectivity index (χ1n) is 5.77. The normalized spacial score (nSPS) is 11.5. The lowest BCUT2D eigenvalue weighted by Crippen LogP contribution is -2.31. The van der Waals surface area contributed by atoms with Crippen LogP contribution in [0, 0.1) is 0 Å². The van der Waals surface area contributed by atoms with Crippen LogP contribution in [-0.2, 0) is 4.79 Å². The third kappa shape index (κ3) is 16.6. The summed E-state index contributed by atoms with van der Waals surface area (Å²) in [4.78, 5) is 9.76. The number of hydrogen-bond acceptors (Lipinski definition) is 4. The van der Waals surface area contributed by atoms with Gasteiger partial charge < -0.3 is 10.8 Å². The van der Waals surface area contributed by atoms with E-state index < -0.39 is 12.0 Å². The number of unbranched alkanes of at least 4 members (excludes halogenated alkanes) is 2. The van der Waals surface area contributed by atoms with E-state index in [9.17, 15) is 4.79 Å². The predicted octanol–water partition coefficient (Wildman–Crippen LogP) is 2.65. The summed E-state index contributed by atoms with van der Waals surface area (Å²) >= 11 is 5.75. The second-order valence-electron chi connectivity index (χ2n) is 3.45. The molecule has 0 saturated heterocycles. The lowest BCUT2D eigenvalue weighted by atomic mass is 10.4. The molecule has 0 aromatic heterocycles. The third-order valence-electron chi connectivity index (χ3n) is 1.80. The first kappa shape index (κ1) is 18.5. The fraction of sp³-hybridized carbons (Fsp3) is 0.909. The molecule has 0 aliphatic heterocycles. The number of carboxylic acid groups (broad SMARTS) is 1. The van der Waals surface area contributed by atoms with Gasteiger partial charge in [0, 0.05) is 5.75 Å². The standard InChI is InChI=1S/C8H18S.C3H7NO2S/c1-3-5-7-9-8-6-4-2;4-2(1-7)3(5)6/h3-8H2,1-2H3;2,7H,1,4H2,(H,5,6)/t;2-/m.0/s1. The molecule has 5 heteroatoms. The lowest BCUT2D eigenvalue weighted by Gasteiger charge is -1.96. The molecule has 98 valence electrons. The van der Waals surface area contributed by atoms with E-state index in [1.165, 1.54) is 37.2 Å². The number of thioether (sulfide) groups is 1. The molecule has 0 rings (SSSR count). The van der Waals surface area contributed by atoms with Crippen LogP contribution in [-0.4, -0.2) is 34.4 Å². The Hall–Kier alpha value is 0.130. The van der Waals surface area contributed by atoms with E-state index in [2.05, 4.69) is 38.2 Å². The third-order valence-corrected chi connectivity index (χ3v) is 3.35. The molecule has 3 nitrogen and oxygen atoms in total. The lowest BCUT2D eigenvalue weighted by molar-refractivity contribution is -0.137. The quantitative estimate of drug-likeness (QED) is 0.467. The molecule has 16 heavy (non-hydrogen) atoms. The van der Waals surface area contributed by atoms with E-state index >= 15 is 0 Å². The second-order valence-corrected chi connectivity index (χ2v) is 5.04. The summed E-state index contributed by atoms with van der Waals surface area (Å²) < 4.78 is 0. The Bertz CT molecular complexity index is 151. The summed E-state index contributed by atoms with van der Waals surface area (Å²) in [7, 11) is 0. The number of nitrogens with two attached hydrogens (primary N) is 1. The first-order chi connectivity index (χ1) is 7.59. The summed E-state index contributed by atoms with van der Waals surface area (Å²) in [6.07, 6.45) is 5.49. The second kappa shape index (κ2) is 15.1. The van der Waals surface area contributed by atoms with Crippen molar-refractivity contribution in [1.29, 1.82) is 0 Å². The van der Waals surface area contributed by atoms with Gasteiger partial charge in [0.1, 0.15) is 6.04 Å². The van der Waals surface area contributed by atoms with Gasteiger partial charge in [-0.25, -0.2) is 0 Å². The van der Waals surface area contributed by atoms with Crippen molar-refractivity contribution in [2.75, 3.05) is 17.3 Å². The maximum absolute atomic E-state index is 9.76. The Morgan fingerprint density at radius 2 is 1.75 bits per heavy atom. The van der Waals surface area contributed by atoms with Crippen molar-refractivity contribution < 1.29 is 9.90 Å². The van der Waals surface area contributed by atoms with E-state index in [-0.39, 0.29) is 5.75 Å². The highest BCUT2D eigenvalue weighted by Gasteiger charge is 2.06. The maximum Gasteiger partial charge on any atom is 0.321 e. The van der Waals surface area contributed by atoms with E-state index in [1.807, 2.05) is 0 Å². The molecule has 0 spiro atoms. The van der Waals surface area contributed by atoms with Crippen molar-refractivity contribution in [1.82, 2.24) is 0 Å². The van der Waals surface area contributed by atoms with Crippen LogP contribution >= 0.6 is 24.4 Å². The molecule has 0 heterocycles. The van der Waals surface area contributed by atoms with Gasteiger partial charge in [-0.15, -0.1) is 0 Å². The van der Waals surface area contributed by atoms with Crippen molar-refractivity contribution in [2.45, 2.75) is 45.6 Å². The van der Waals surface area contributed by atoms with Crippen molar-refractivity contribution in [3.05, 3.63) is 0 Å². The number of rotatable bonds is 8. The fourth-order valence-electron chi connectivity index (χ4n) is 0.673. The van der Waals surface area contributed by atoms with Crippen molar-refractivity contribution in [2.24, 2.45) is 5.73 Å². The van der Waals surface area contributed by atoms with Crippen molar-refractivity contribution >= 4 is 30.4 Å². The van der Waals surface area contributed by atoms with Crippen molar-refractivity contribution in [3.63, 3.8) is 0 Å². The molecular formula is C11H25NO2S2. The molecule has 0 aliphatic carbocycles. The van der Waals surface area contributed by atoms with E-state index in [1.54, 1.807) is 0 Å². The molecule has 0 unspecified atom stereocenters. The highest BCUT2D eigenvalue weighted by molar-refractivity contribution is 7.99. The maximum atomic E-state index is 9.76. The number of carboxylic acids is 1. The molecule has 0 aromatic carbocycles. The molecule has 0 aliphatic rings. The molecule has 1 atom stereocenters. The Balaban J connectivity index is 0. The zero-order valence-electron chi connectivity index (χ0n) is 10.3. The summed E-state index contributed by atoms with van der Waals surface area (Å²) in [6.45, 7) is 4.50. The fourth-order valence-corrected chi connectivity index (χ4v) is 2.02. The Morgan fingerprint density at radius 3 is 1.94 bits per heavy atom. The van der Waals surface area contributed by atoms with Crippen LogP contribution in [0.25, 0.3) is 0 Å². The average molecular weight is 267 g/mol. The SMILES string of the molecule is CCCCSCCCC.N[C@@H](CS)C(=O)O. The molecule has 0 radical (unpaired) electrons. The zero-order valence-corrected chi connectivity index (χ0v) is 12.0. The Kier molecular flexibility index (Phi) is 17.5. The molecule has 0 amide bonds. The van der Waals surface area contributed by atoms with Gasteiger partial charge in [0.25, 0.3) is 0 Å². The highest BCUT2D eigenvalue weighted by atomic mass is 32.2. The van der Waals surface area contributed by atoms with Gasteiger partial charge in [-0.1, -0.05) is 26.7 Å². The van der Waals surface area contributed by atoms with Crippen LogP contribution in [0.2, 0.25) is 0 Å². The monoisotopic (exact) mass is 267 g/mol. The highest BCUT2D eigenvalue weighted by Crippen LogP contribution is 2.06. The van der Waals surface area contributed by atoms with Gasteiger partial charge in [0.2, 0.25) is 0 Å². The molecule has 0 aromatic rings. The topological polar surface area (TPSA) is 63.3 Å². The van der Waals surface area contributed by atoms with Crippen molar-refractivity contribution in [3.8, 4) is 0 Å². The minimum Gasteiger partial charge on any atom is -0.480 e. The van der Waals surface area contributed by atoms with Gasteiger partial charge in [0.05, 0.1) is 0 Å². The van der Waals surface area contributed by atoms with E-state index in [4.69, 9.17) is 10.8 Å². The minimum absolute atomic E-state index is 0.190. The van der Waals surface area contributed by atoms with Gasteiger partial charge in [-0.05, 0) is 24.3 Å². The van der Waals surface area contributed by atoms with E-state index in [0.29, 0.717) is 0 Å². The molecule has 3 N–H and O–H groups in total. The average Bonchev–Trinajstić information content (AvgIpc) is 2.28. The van der Waals surface area contributed by atoms with Gasteiger partial charge in [-0.2, -0.15) is 24.4 Å². The van der Waals surface area contributed by atoms with Gasteiger partial charge >= 0.3 is 5.97 Å². The number of carbonyl (C=O) groups is 1. The Morgan fingerprint density at radius 1 is 1.31 bits per heavy atom. The summed E-state index contributed by atoms with van der Waals surface area (Å²) in [5.41, 5.74) is 4.94. The Labute approximate surface area is 109 Å².